The van der Waals surface area contributed by atoms with Crippen LogP contribution in [0.15, 0.2) is 47.4 Å². The third-order valence-electron chi connectivity index (χ3n) is 5.47. The van der Waals surface area contributed by atoms with Gasteiger partial charge in [0, 0.05) is 12.1 Å². The van der Waals surface area contributed by atoms with Crippen molar-refractivity contribution in [2.75, 3.05) is 18.8 Å². The Labute approximate surface area is 171 Å². The fourth-order valence-corrected chi connectivity index (χ4v) is 5.18. The highest BCUT2D eigenvalue weighted by molar-refractivity contribution is 7.91. The second kappa shape index (κ2) is 9.05. The zero-order valence-electron chi connectivity index (χ0n) is 16.6. The molecule has 2 N–H and O–H groups in total. The fourth-order valence-electron chi connectivity index (χ4n) is 3.86. The number of hydrogen-bond donors (Lipinski definition) is 1. The van der Waals surface area contributed by atoms with E-state index in [4.69, 9.17) is 5.73 Å². The third-order valence-corrected chi connectivity index (χ3v) is 7.41. The number of piperidine rings is 1. The molecule has 0 atom stereocenters. The lowest BCUT2D eigenvalue weighted by Gasteiger charge is -2.32. The predicted molar refractivity (Wildman–Crippen MR) is 111 cm³/mol. The molecule has 7 heteroatoms. The van der Waals surface area contributed by atoms with Crippen LogP contribution in [0.1, 0.15) is 53.6 Å². The van der Waals surface area contributed by atoms with Crippen molar-refractivity contribution in [3.8, 4) is 0 Å². The van der Waals surface area contributed by atoms with Crippen molar-refractivity contribution in [2.45, 2.75) is 43.5 Å². The van der Waals surface area contributed by atoms with Crippen LogP contribution in [0.3, 0.4) is 0 Å². The topological polar surface area (TPSA) is 80.5 Å². The summed E-state index contributed by atoms with van der Waals surface area (Å²) in [5.41, 5.74) is 7.27. The summed E-state index contributed by atoms with van der Waals surface area (Å²) in [7, 11) is -3.19. The standard InChI is InChI=1S/C22H27FN2O3S/c1-2-13-29(27,28)19-6-3-16(4-7-19)15-25-11-9-17(10-12-25)20-14-18(22(24)26)5-8-21(20)23/h3-8,14,17H,2,9-13,15H2,1H3,(H2,24,26). The number of nitrogens with zero attached hydrogens (tertiary/aromatic N) is 1. The highest BCUT2D eigenvalue weighted by atomic mass is 32.2. The quantitative estimate of drug-likeness (QED) is 0.746. The molecule has 0 spiro atoms. The van der Waals surface area contributed by atoms with Gasteiger partial charge >= 0.3 is 0 Å². The number of benzene rings is 2. The van der Waals surface area contributed by atoms with Crippen molar-refractivity contribution in [3.05, 3.63) is 65.0 Å². The van der Waals surface area contributed by atoms with Crippen molar-refractivity contribution >= 4 is 15.7 Å². The number of hydrogen-bond acceptors (Lipinski definition) is 4. The summed E-state index contributed by atoms with van der Waals surface area (Å²) in [6.45, 7) is 4.19. The molecule has 3 rings (SSSR count). The molecule has 1 heterocycles. The first-order valence-corrected chi connectivity index (χ1v) is 11.6. The summed E-state index contributed by atoms with van der Waals surface area (Å²) >= 11 is 0. The molecule has 0 aromatic heterocycles. The van der Waals surface area contributed by atoms with E-state index in [1.54, 1.807) is 18.2 Å². The van der Waals surface area contributed by atoms with Gasteiger partial charge in [-0.15, -0.1) is 0 Å². The van der Waals surface area contributed by atoms with Gasteiger partial charge in [0.1, 0.15) is 5.82 Å². The SMILES string of the molecule is CCCS(=O)(=O)c1ccc(CN2CCC(c3cc(C(N)=O)ccc3F)CC2)cc1. The normalized spacial score (nSPS) is 16.1. The molecule has 0 unspecified atom stereocenters. The molecule has 1 fully saturated rings. The van der Waals surface area contributed by atoms with Gasteiger partial charge in [0.15, 0.2) is 9.84 Å². The van der Waals surface area contributed by atoms with Gasteiger partial charge < -0.3 is 5.73 Å². The van der Waals surface area contributed by atoms with Crippen LogP contribution in [0.4, 0.5) is 4.39 Å². The summed E-state index contributed by atoms with van der Waals surface area (Å²) in [5.74, 6) is -0.620. The first-order chi connectivity index (χ1) is 13.8. The number of rotatable bonds is 7. The van der Waals surface area contributed by atoms with E-state index in [9.17, 15) is 17.6 Å². The van der Waals surface area contributed by atoms with E-state index >= 15 is 0 Å². The minimum atomic E-state index is -3.19. The predicted octanol–water partition coefficient (Wildman–Crippen LogP) is 3.49. The molecular formula is C22H27FN2O3S. The Morgan fingerprint density at radius 3 is 2.38 bits per heavy atom. The zero-order chi connectivity index (χ0) is 21.0. The third kappa shape index (κ3) is 5.22. The maximum atomic E-state index is 14.2. The van der Waals surface area contributed by atoms with E-state index in [2.05, 4.69) is 4.90 Å². The van der Waals surface area contributed by atoms with Crippen LogP contribution in [-0.2, 0) is 16.4 Å². The van der Waals surface area contributed by atoms with Gasteiger partial charge in [-0.05, 0) is 79.7 Å². The van der Waals surface area contributed by atoms with Crippen LogP contribution in [0, 0.1) is 5.82 Å². The molecule has 0 bridgehead atoms. The number of primary amides is 1. The molecule has 0 aliphatic carbocycles. The maximum Gasteiger partial charge on any atom is 0.248 e. The van der Waals surface area contributed by atoms with Crippen molar-refractivity contribution in [1.82, 2.24) is 4.90 Å². The average molecular weight is 419 g/mol. The van der Waals surface area contributed by atoms with Crippen LogP contribution in [0.2, 0.25) is 0 Å². The molecule has 0 radical (unpaired) electrons. The molecule has 1 saturated heterocycles. The van der Waals surface area contributed by atoms with Crippen LogP contribution >= 0.6 is 0 Å². The lowest BCUT2D eigenvalue weighted by atomic mass is 9.88. The first-order valence-electron chi connectivity index (χ1n) is 9.93. The van der Waals surface area contributed by atoms with E-state index < -0.39 is 15.7 Å². The minimum absolute atomic E-state index is 0.0621. The molecule has 0 saturated carbocycles. The van der Waals surface area contributed by atoms with Crippen molar-refractivity contribution < 1.29 is 17.6 Å². The van der Waals surface area contributed by atoms with Crippen molar-refractivity contribution in [3.63, 3.8) is 0 Å². The summed E-state index contributed by atoms with van der Waals surface area (Å²) in [4.78, 5) is 14.0. The van der Waals surface area contributed by atoms with E-state index in [1.807, 2.05) is 19.1 Å². The summed E-state index contributed by atoms with van der Waals surface area (Å²) in [6.07, 6.45) is 2.19. The molecular weight excluding hydrogens is 391 g/mol. The largest absolute Gasteiger partial charge is 0.366 e. The molecule has 2 aromatic rings. The number of carbonyl (C=O) groups is 1. The van der Waals surface area contributed by atoms with E-state index in [0.29, 0.717) is 22.4 Å². The number of likely N-dealkylation sites (tertiary alicyclic amines) is 1. The van der Waals surface area contributed by atoms with Gasteiger partial charge in [-0.1, -0.05) is 19.1 Å². The summed E-state index contributed by atoms with van der Waals surface area (Å²) < 4.78 is 38.5. The summed E-state index contributed by atoms with van der Waals surface area (Å²) in [6, 6.07) is 11.4. The van der Waals surface area contributed by atoms with Gasteiger partial charge in [0.05, 0.1) is 10.6 Å². The Bertz CT molecular complexity index is 966. The lowest BCUT2D eigenvalue weighted by molar-refractivity contribution is 0.1000. The van der Waals surface area contributed by atoms with Gasteiger partial charge in [0.2, 0.25) is 5.91 Å². The van der Waals surface area contributed by atoms with Gasteiger partial charge in [-0.2, -0.15) is 0 Å². The first kappa shape index (κ1) is 21.5. The average Bonchev–Trinajstić information content (AvgIpc) is 2.69. The Balaban J connectivity index is 1.60. The maximum absolute atomic E-state index is 14.2. The van der Waals surface area contributed by atoms with E-state index in [-0.39, 0.29) is 17.5 Å². The van der Waals surface area contributed by atoms with Crippen molar-refractivity contribution in [2.24, 2.45) is 5.73 Å². The van der Waals surface area contributed by atoms with Crippen molar-refractivity contribution in [1.29, 1.82) is 0 Å². The Kier molecular flexibility index (Phi) is 6.70. The molecule has 5 nitrogen and oxygen atoms in total. The number of sulfone groups is 1. The molecule has 156 valence electrons. The second-order valence-corrected chi connectivity index (χ2v) is 9.72. The van der Waals surface area contributed by atoms with Crippen LogP contribution in [0.5, 0.6) is 0 Å². The van der Waals surface area contributed by atoms with Crippen LogP contribution in [0.25, 0.3) is 0 Å². The minimum Gasteiger partial charge on any atom is -0.366 e. The highest BCUT2D eigenvalue weighted by Crippen LogP contribution is 2.31. The van der Waals surface area contributed by atoms with Crippen LogP contribution < -0.4 is 5.73 Å². The molecule has 1 aliphatic rings. The Morgan fingerprint density at radius 2 is 1.79 bits per heavy atom. The highest BCUT2D eigenvalue weighted by Gasteiger charge is 2.24. The molecule has 1 aliphatic heterocycles. The number of nitrogens with two attached hydrogens (primary N) is 1. The van der Waals surface area contributed by atoms with Gasteiger partial charge in [-0.3, -0.25) is 9.69 Å². The van der Waals surface area contributed by atoms with E-state index in [1.165, 1.54) is 12.1 Å². The Morgan fingerprint density at radius 1 is 1.14 bits per heavy atom. The number of carbonyl (C=O) groups excluding carboxylic acids is 1. The Hall–Kier alpha value is -2.25. The van der Waals surface area contributed by atoms with Gasteiger partial charge in [0.25, 0.3) is 0 Å². The van der Waals surface area contributed by atoms with Gasteiger partial charge in [-0.25, -0.2) is 12.8 Å². The summed E-state index contributed by atoms with van der Waals surface area (Å²) in [5, 5.41) is 0. The molecule has 2 aromatic carbocycles. The zero-order valence-corrected chi connectivity index (χ0v) is 17.4. The molecule has 29 heavy (non-hydrogen) atoms. The second-order valence-electron chi connectivity index (χ2n) is 7.61. The monoisotopic (exact) mass is 418 g/mol. The van der Waals surface area contributed by atoms with Crippen LogP contribution in [-0.4, -0.2) is 38.1 Å². The van der Waals surface area contributed by atoms with E-state index in [0.717, 1.165) is 38.0 Å². The number of halogens is 1. The fraction of sp³-hybridized carbons (Fsp3) is 0.409. The number of amides is 1. The smallest absolute Gasteiger partial charge is 0.248 e. The molecule has 1 amide bonds. The lowest BCUT2D eigenvalue weighted by Crippen LogP contribution is -2.32.